The van der Waals surface area contributed by atoms with Gasteiger partial charge in [0.2, 0.25) is 0 Å². The van der Waals surface area contributed by atoms with E-state index in [0.717, 1.165) is 25.5 Å². The van der Waals surface area contributed by atoms with E-state index in [1.54, 1.807) is 0 Å². The first kappa shape index (κ1) is 13.4. The van der Waals surface area contributed by atoms with E-state index in [2.05, 4.69) is 4.90 Å². The number of likely N-dealkylation sites (tertiary alicyclic amines) is 1. The van der Waals surface area contributed by atoms with Crippen LogP contribution < -0.4 is 5.73 Å². The normalized spacial score (nSPS) is 23.0. The van der Waals surface area contributed by atoms with E-state index in [0.29, 0.717) is 18.2 Å². The molecule has 2 unspecified atom stereocenters. The van der Waals surface area contributed by atoms with E-state index in [1.807, 2.05) is 6.92 Å². The molecule has 0 amide bonds. The summed E-state index contributed by atoms with van der Waals surface area (Å²) in [5, 5.41) is 0. The first-order valence-corrected chi connectivity index (χ1v) is 6.51. The summed E-state index contributed by atoms with van der Waals surface area (Å²) in [6.45, 7) is 3.51. The molecule has 2 nitrogen and oxygen atoms in total. The van der Waals surface area contributed by atoms with Crippen molar-refractivity contribution in [2.75, 3.05) is 6.54 Å². The topological polar surface area (TPSA) is 29.3 Å². The zero-order chi connectivity index (χ0) is 13.1. The van der Waals surface area contributed by atoms with Crippen molar-refractivity contribution in [1.82, 2.24) is 4.90 Å². The summed E-state index contributed by atoms with van der Waals surface area (Å²) in [4.78, 5) is 2.24. The summed E-state index contributed by atoms with van der Waals surface area (Å²) in [5.41, 5.74) is 6.66. The molecule has 4 heteroatoms. The van der Waals surface area contributed by atoms with Crippen LogP contribution in [0.1, 0.15) is 31.7 Å². The highest BCUT2D eigenvalue weighted by Gasteiger charge is 2.25. The summed E-state index contributed by atoms with van der Waals surface area (Å²) in [6.07, 6.45) is 3.37. The monoisotopic (exact) mass is 254 g/mol. The molecule has 1 aromatic carbocycles. The molecule has 1 saturated heterocycles. The van der Waals surface area contributed by atoms with Crippen molar-refractivity contribution in [2.24, 2.45) is 5.73 Å². The molecule has 2 N–H and O–H groups in total. The van der Waals surface area contributed by atoms with Crippen molar-refractivity contribution >= 4 is 0 Å². The van der Waals surface area contributed by atoms with Crippen LogP contribution in [0.15, 0.2) is 18.2 Å². The summed E-state index contributed by atoms with van der Waals surface area (Å²) in [6, 6.07) is 4.10. The van der Waals surface area contributed by atoms with Gasteiger partial charge in [-0.25, -0.2) is 8.78 Å². The van der Waals surface area contributed by atoms with Crippen LogP contribution in [0.5, 0.6) is 0 Å². The van der Waals surface area contributed by atoms with Crippen LogP contribution >= 0.6 is 0 Å². The third-order valence-electron chi connectivity index (χ3n) is 3.58. The van der Waals surface area contributed by atoms with E-state index in [9.17, 15) is 8.78 Å². The molecule has 0 bridgehead atoms. The molecule has 0 aromatic heterocycles. The molecule has 1 fully saturated rings. The number of halogens is 2. The van der Waals surface area contributed by atoms with Gasteiger partial charge < -0.3 is 5.73 Å². The maximum atomic E-state index is 13.2. The van der Waals surface area contributed by atoms with Gasteiger partial charge in [-0.05, 0) is 44.0 Å². The number of piperidine rings is 1. The highest BCUT2D eigenvalue weighted by molar-refractivity contribution is 5.18. The number of nitrogens with zero attached hydrogens (tertiary/aromatic N) is 1. The third-order valence-corrected chi connectivity index (χ3v) is 3.58. The lowest BCUT2D eigenvalue weighted by Crippen LogP contribution is -2.48. The predicted octanol–water partition coefficient (Wildman–Crippen LogP) is 2.67. The fourth-order valence-electron chi connectivity index (χ4n) is 2.75. The van der Waals surface area contributed by atoms with Gasteiger partial charge in [0.05, 0.1) is 0 Å². The quantitative estimate of drug-likeness (QED) is 0.898. The average molecular weight is 254 g/mol. The second kappa shape index (κ2) is 5.76. The lowest BCUT2D eigenvalue weighted by Gasteiger charge is -2.38. The van der Waals surface area contributed by atoms with Gasteiger partial charge in [0.15, 0.2) is 0 Å². The average Bonchev–Trinajstić information content (AvgIpc) is 2.27. The van der Waals surface area contributed by atoms with E-state index < -0.39 is 11.6 Å². The Hall–Kier alpha value is -1.00. The smallest absolute Gasteiger partial charge is 0.126 e. The molecule has 2 rings (SSSR count). The third kappa shape index (κ3) is 3.27. The maximum Gasteiger partial charge on any atom is 0.126 e. The minimum atomic E-state index is -0.514. The molecular weight excluding hydrogens is 234 g/mol. The molecule has 1 heterocycles. The van der Waals surface area contributed by atoms with Gasteiger partial charge in [-0.3, -0.25) is 4.90 Å². The minimum absolute atomic E-state index is 0.0868. The molecule has 0 radical (unpaired) electrons. The molecule has 2 atom stereocenters. The van der Waals surface area contributed by atoms with Crippen molar-refractivity contribution in [3.8, 4) is 0 Å². The van der Waals surface area contributed by atoms with Gasteiger partial charge in [-0.15, -0.1) is 0 Å². The molecule has 1 aliphatic heterocycles. The summed E-state index contributed by atoms with van der Waals surface area (Å²) in [7, 11) is 0. The van der Waals surface area contributed by atoms with E-state index >= 15 is 0 Å². The highest BCUT2D eigenvalue weighted by Crippen LogP contribution is 2.22. The van der Waals surface area contributed by atoms with Gasteiger partial charge in [0.1, 0.15) is 11.6 Å². The number of nitrogens with two attached hydrogens (primary N) is 1. The zero-order valence-electron chi connectivity index (χ0n) is 10.7. The Kier molecular flexibility index (Phi) is 4.30. The molecule has 1 aromatic rings. The van der Waals surface area contributed by atoms with Gasteiger partial charge >= 0.3 is 0 Å². The molecular formula is C14H20F2N2. The Morgan fingerprint density at radius 3 is 2.56 bits per heavy atom. The SMILES string of the molecule is CC(N)C1CCCCN1Cc1cc(F)cc(F)c1. The Labute approximate surface area is 107 Å². The van der Waals surface area contributed by atoms with Crippen molar-refractivity contribution in [3.63, 3.8) is 0 Å². The minimum Gasteiger partial charge on any atom is -0.327 e. The second-order valence-corrected chi connectivity index (χ2v) is 5.17. The number of rotatable bonds is 3. The van der Waals surface area contributed by atoms with Crippen molar-refractivity contribution < 1.29 is 8.78 Å². The Balaban J connectivity index is 2.10. The molecule has 0 aliphatic carbocycles. The Morgan fingerprint density at radius 1 is 1.28 bits per heavy atom. The maximum absolute atomic E-state index is 13.2. The molecule has 0 saturated carbocycles. The van der Waals surface area contributed by atoms with Crippen LogP contribution in [-0.4, -0.2) is 23.5 Å². The molecule has 100 valence electrons. The lowest BCUT2D eigenvalue weighted by molar-refractivity contribution is 0.123. The van der Waals surface area contributed by atoms with Crippen molar-refractivity contribution in [2.45, 2.75) is 44.8 Å². The summed E-state index contributed by atoms with van der Waals surface area (Å²) < 4.78 is 26.3. The van der Waals surface area contributed by atoms with Crippen molar-refractivity contribution in [1.29, 1.82) is 0 Å². The zero-order valence-corrected chi connectivity index (χ0v) is 10.7. The van der Waals surface area contributed by atoms with Crippen molar-refractivity contribution in [3.05, 3.63) is 35.4 Å². The fraction of sp³-hybridized carbons (Fsp3) is 0.571. The van der Waals surface area contributed by atoms with Gasteiger partial charge in [-0.2, -0.15) is 0 Å². The van der Waals surface area contributed by atoms with Crippen LogP contribution in [0, 0.1) is 11.6 Å². The number of hydrogen-bond acceptors (Lipinski definition) is 2. The fourth-order valence-corrected chi connectivity index (χ4v) is 2.75. The van der Waals surface area contributed by atoms with Crippen LogP contribution in [-0.2, 0) is 6.54 Å². The lowest BCUT2D eigenvalue weighted by atomic mass is 9.96. The van der Waals surface area contributed by atoms with E-state index in [1.165, 1.54) is 18.6 Å². The summed E-state index contributed by atoms with van der Waals surface area (Å²) >= 11 is 0. The first-order chi connectivity index (χ1) is 8.56. The number of benzene rings is 1. The molecule has 1 aliphatic rings. The Morgan fingerprint density at radius 2 is 1.94 bits per heavy atom. The highest BCUT2D eigenvalue weighted by atomic mass is 19.1. The molecule has 18 heavy (non-hydrogen) atoms. The Bertz CT molecular complexity index is 387. The van der Waals surface area contributed by atoms with Gasteiger partial charge in [0.25, 0.3) is 0 Å². The van der Waals surface area contributed by atoms with Crippen LogP contribution in [0.4, 0.5) is 8.78 Å². The summed E-state index contributed by atoms with van der Waals surface area (Å²) in [5.74, 6) is -1.03. The molecule has 0 spiro atoms. The number of hydrogen-bond donors (Lipinski definition) is 1. The first-order valence-electron chi connectivity index (χ1n) is 6.51. The van der Waals surface area contributed by atoms with Crippen LogP contribution in [0.2, 0.25) is 0 Å². The standard InChI is InChI=1S/C14H20F2N2/c1-10(17)14-4-2-3-5-18(14)9-11-6-12(15)8-13(16)7-11/h6-8,10,14H,2-5,9,17H2,1H3. The second-order valence-electron chi connectivity index (χ2n) is 5.17. The van der Waals surface area contributed by atoms with Crippen LogP contribution in [0.3, 0.4) is 0 Å². The van der Waals surface area contributed by atoms with Gasteiger partial charge in [-0.1, -0.05) is 6.42 Å². The van der Waals surface area contributed by atoms with Crippen LogP contribution in [0.25, 0.3) is 0 Å². The van der Waals surface area contributed by atoms with E-state index in [4.69, 9.17) is 5.73 Å². The van der Waals surface area contributed by atoms with E-state index in [-0.39, 0.29) is 6.04 Å². The predicted molar refractivity (Wildman–Crippen MR) is 68.1 cm³/mol. The largest absolute Gasteiger partial charge is 0.327 e. The van der Waals surface area contributed by atoms with Gasteiger partial charge in [0, 0.05) is 24.7 Å².